The SMILES string of the molecule is NCCCOCCOCCOCCC[NH3+].O=C([O-])CSCCC(F)(F)C(F)(F)C(F)(F)C(F)(F)C(F)(F)C(F)(F)F. The molecule has 0 aromatic carbocycles. The zero-order valence-electron chi connectivity index (χ0n) is 21.3. The lowest BCUT2D eigenvalue weighted by atomic mass is 9.93. The third kappa shape index (κ3) is 12.9. The molecule has 5 N–H and O–H groups in total. The summed E-state index contributed by atoms with van der Waals surface area (Å²) in [6.45, 7) is 5.67. The molecule has 0 fully saturated rings. The third-order valence-electron chi connectivity index (χ3n) is 4.55. The molecule has 248 valence electrons. The Morgan fingerprint density at radius 3 is 1.49 bits per heavy atom. The highest BCUT2D eigenvalue weighted by atomic mass is 32.2. The van der Waals surface area contributed by atoms with Crippen LogP contribution in [0.3, 0.4) is 0 Å². The first kappa shape index (κ1) is 41.8. The molecular weight excluding hydrogens is 627 g/mol. The number of aliphatic carboxylic acids is 1. The van der Waals surface area contributed by atoms with Gasteiger partial charge in [-0.1, -0.05) is 0 Å². The average molecular weight is 659 g/mol. The fourth-order valence-electron chi connectivity index (χ4n) is 2.25. The molecule has 0 aliphatic carbocycles. The number of halogens is 13. The van der Waals surface area contributed by atoms with Crippen molar-refractivity contribution >= 4 is 17.7 Å². The molecule has 7 nitrogen and oxygen atoms in total. The van der Waals surface area contributed by atoms with Crippen molar-refractivity contribution in [3.05, 3.63) is 0 Å². The summed E-state index contributed by atoms with van der Waals surface area (Å²) >= 11 is -0.104. The van der Waals surface area contributed by atoms with Crippen molar-refractivity contribution in [2.75, 3.05) is 64.2 Å². The second-order valence-corrected chi connectivity index (χ2v) is 8.97. The van der Waals surface area contributed by atoms with Gasteiger partial charge in [-0.15, -0.1) is 0 Å². The number of nitrogens with two attached hydrogens (primary N) is 1. The molecule has 0 aromatic rings. The Morgan fingerprint density at radius 1 is 0.683 bits per heavy atom. The summed E-state index contributed by atoms with van der Waals surface area (Å²) in [6, 6.07) is 0. The summed E-state index contributed by atoms with van der Waals surface area (Å²) in [5, 5.41) is 9.94. The van der Waals surface area contributed by atoms with Crippen molar-refractivity contribution in [2.45, 2.75) is 55.1 Å². The lowest BCUT2D eigenvalue weighted by Gasteiger charge is -2.39. The second-order valence-electron chi connectivity index (χ2n) is 7.86. The molecule has 0 radical (unpaired) electrons. The van der Waals surface area contributed by atoms with Gasteiger partial charge in [-0.05, 0) is 18.7 Å². The monoisotopic (exact) mass is 658 g/mol. The Balaban J connectivity index is 0. The predicted molar refractivity (Wildman–Crippen MR) is 116 cm³/mol. The van der Waals surface area contributed by atoms with Crippen molar-refractivity contribution < 1.29 is 86.9 Å². The normalized spacial score (nSPS) is 13.6. The van der Waals surface area contributed by atoms with E-state index >= 15 is 0 Å². The number of hydrogen-bond acceptors (Lipinski definition) is 7. The van der Waals surface area contributed by atoms with Crippen LogP contribution in [-0.4, -0.2) is 106 Å². The molecule has 0 rings (SSSR count). The van der Waals surface area contributed by atoms with Crippen LogP contribution in [0.4, 0.5) is 57.1 Å². The standard InChI is InChI=1S/C10H7F13O2S.C10H24N2O3/c11-5(12,1-2-26-3-4(24)25)6(13,14)7(15,16)8(17,18)9(19,20)10(21,22)23;11-3-1-5-13-7-9-15-10-8-14-6-2-4-12/h1-3H2,(H,24,25);1-12H2. The van der Waals surface area contributed by atoms with Crippen LogP contribution in [0, 0.1) is 0 Å². The first-order valence-electron chi connectivity index (χ1n) is 11.5. The van der Waals surface area contributed by atoms with E-state index in [9.17, 15) is 67.0 Å². The van der Waals surface area contributed by atoms with Gasteiger partial charge in [-0.25, -0.2) is 0 Å². The van der Waals surface area contributed by atoms with Crippen molar-refractivity contribution in [2.24, 2.45) is 5.73 Å². The fourth-order valence-corrected chi connectivity index (χ4v) is 2.96. The van der Waals surface area contributed by atoms with E-state index in [4.69, 9.17) is 19.9 Å². The quantitative estimate of drug-likeness (QED) is 0.144. The van der Waals surface area contributed by atoms with Crippen LogP contribution in [0.5, 0.6) is 0 Å². The summed E-state index contributed by atoms with van der Waals surface area (Å²) < 4.78 is 181. The smallest absolute Gasteiger partial charge is 0.460 e. The van der Waals surface area contributed by atoms with Crippen LogP contribution in [-0.2, 0) is 19.0 Å². The number of carbonyl (C=O) groups is 1. The molecular formula is C20H31F13N2O5S. The Kier molecular flexibility index (Phi) is 18.8. The summed E-state index contributed by atoms with van der Waals surface area (Å²) in [4.78, 5) is 9.94. The van der Waals surface area contributed by atoms with E-state index in [1.165, 1.54) is 0 Å². The van der Waals surface area contributed by atoms with Gasteiger partial charge in [0.2, 0.25) is 0 Å². The molecule has 0 heterocycles. The van der Waals surface area contributed by atoms with Gasteiger partial charge in [0.25, 0.3) is 0 Å². The minimum Gasteiger partial charge on any atom is -0.549 e. The fraction of sp³-hybridized carbons (Fsp3) is 0.950. The van der Waals surface area contributed by atoms with Gasteiger partial charge in [-0.2, -0.15) is 68.8 Å². The first-order valence-corrected chi connectivity index (χ1v) is 12.7. The maximum atomic E-state index is 13.2. The van der Waals surface area contributed by atoms with Gasteiger partial charge >= 0.3 is 35.8 Å². The van der Waals surface area contributed by atoms with Gasteiger partial charge < -0.3 is 35.6 Å². The summed E-state index contributed by atoms with van der Waals surface area (Å²) in [6.07, 6.45) is -7.95. The lowest BCUT2D eigenvalue weighted by molar-refractivity contribution is -0.439. The maximum absolute atomic E-state index is 13.2. The zero-order valence-corrected chi connectivity index (χ0v) is 22.2. The molecule has 0 aliphatic heterocycles. The molecule has 0 bridgehead atoms. The van der Waals surface area contributed by atoms with Crippen LogP contribution < -0.4 is 16.6 Å². The predicted octanol–water partition coefficient (Wildman–Crippen LogP) is 2.62. The largest absolute Gasteiger partial charge is 0.549 e. The Morgan fingerprint density at radius 2 is 1.10 bits per heavy atom. The van der Waals surface area contributed by atoms with Crippen LogP contribution in [0.2, 0.25) is 0 Å². The molecule has 41 heavy (non-hydrogen) atoms. The highest BCUT2D eigenvalue weighted by molar-refractivity contribution is 7.99. The van der Waals surface area contributed by atoms with Crippen LogP contribution in [0.25, 0.3) is 0 Å². The molecule has 21 heteroatoms. The van der Waals surface area contributed by atoms with Crippen molar-refractivity contribution in [1.29, 1.82) is 0 Å². The Labute approximate surface area is 230 Å². The van der Waals surface area contributed by atoms with E-state index in [1.54, 1.807) is 0 Å². The van der Waals surface area contributed by atoms with Gasteiger partial charge in [-0.3, -0.25) is 0 Å². The second kappa shape index (κ2) is 18.4. The first-order chi connectivity index (χ1) is 18.6. The molecule has 0 spiro atoms. The number of carbonyl (C=O) groups excluding carboxylic acids is 1. The number of thioether (sulfide) groups is 1. The van der Waals surface area contributed by atoms with E-state index in [0.717, 1.165) is 32.6 Å². The maximum Gasteiger partial charge on any atom is 0.460 e. The highest BCUT2D eigenvalue weighted by Gasteiger charge is 2.90. The topological polar surface area (TPSA) is 121 Å². The summed E-state index contributed by atoms with van der Waals surface area (Å²) in [7, 11) is 0. The van der Waals surface area contributed by atoms with E-state index in [-0.39, 0.29) is 11.8 Å². The number of carboxylic acid groups (broad SMARTS) is 1. The molecule has 0 aliphatic rings. The van der Waals surface area contributed by atoms with E-state index in [2.05, 4.69) is 5.73 Å². The number of ether oxygens (including phenoxy) is 3. The minimum absolute atomic E-state index is 0.104. The van der Waals surface area contributed by atoms with Crippen molar-refractivity contribution in [1.82, 2.24) is 0 Å². The molecule has 0 amide bonds. The summed E-state index contributed by atoms with van der Waals surface area (Å²) in [5.74, 6) is -41.4. The highest BCUT2D eigenvalue weighted by Crippen LogP contribution is 2.60. The number of quaternary nitrogens is 1. The van der Waals surface area contributed by atoms with Gasteiger partial charge in [0.05, 0.1) is 45.5 Å². The van der Waals surface area contributed by atoms with Crippen LogP contribution in [0.1, 0.15) is 19.3 Å². The molecule has 0 unspecified atom stereocenters. The van der Waals surface area contributed by atoms with Crippen molar-refractivity contribution in [3.8, 4) is 0 Å². The molecule has 0 aromatic heterocycles. The van der Waals surface area contributed by atoms with Crippen molar-refractivity contribution in [3.63, 3.8) is 0 Å². The van der Waals surface area contributed by atoms with Crippen LogP contribution >= 0.6 is 11.8 Å². The number of alkyl halides is 13. The van der Waals surface area contributed by atoms with Gasteiger partial charge in [0.1, 0.15) is 0 Å². The minimum atomic E-state index is -7.93. The van der Waals surface area contributed by atoms with Gasteiger partial charge in [0, 0.05) is 25.2 Å². The molecule has 0 saturated carbocycles. The van der Waals surface area contributed by atoms with E-state index < -0.39 is 59.7 Å². The zero-order chi connectivity index (χ0) is 32.6. The van der Waals surface area contributed by atoms with Crippen LogP contribution in [0.15, 0.2) is 0 Å². The Hall–Kier alpha value is -1.29. The number of hydrogen-bond donors (Lipinski definition) is 2. The molecule has 0 saturated heterocycles. The Bertz CT molecular complexity index is 720. The average Bonchev–Trinajstić information content (AvgIpc) is 2.84. The number of carboxylic acids is 1. The van der Waals surface area contributed by atoms with E-state index in [1.807, 2.05) is 0 Å². The summed E-state index contributed by atoms with van der Waals surface area (Å²) in [5.41, 5.74) is 9.05. The lowest BCUT2D eigenvalue weighted by Crippen LogP contribution is -2.70. The number of rotatable bonds is 21. The molecule has 0 atom stereocenters. The third-order valence-corrected chi connectivity index (χ3v) is 5.49. The van der Waals surface area contributed by atoms with E-state index in [0.29, 0.717) is 33.0 Å². The van der Waals surface area contributed by atoms with Gasteiger partial charge in [0.15, 0.2) is 0 Å².